The second-order valence-corrected chi connectivity index (χ2v) is 8.83. The first-order valence-electron chi connectivity index (χ1n) is 11.8. The number of amides is 2. The molecule has 10 nitrogen and oxygen atoms in total. The lowest BCUT2D eigenvalue weighted by Gasteiger charge is -2.32. The van der Waals surface area contributed by atoms with Crippen LogP contribution in [0.3, 0.4) is 0 Å². The van der Waals surface area contributed by atoms with E-state index in [4.69, 9.17) is 4.52 Å². The van der Waals surface area contributed by atoms with Gasteiger partial charge in [0, 0.05) is 55.4 Å². The zero-order valence-electron chi connectivity index (χ0n) is 18.8. The Kier molecular flexibility index (Phi) is 6.55. The number of hydrogen-bond acceptors (Lipinski definition) is 8. The third-order valence-electron chi connectivity index (χ3n) is 6.64. The first-order chi connectivity index (χ1) is 16.7. The minimum absolute atomic E-state index is 0.0293. The molecule has 0 spiro atoms. The Morgan fingerprint density at radius 3 is 2.76 bits per heavy atom. The van der Waals surface area contributed by atoms with Gasteiger partial charge in [-0.15, -0.1) is 0 Å². The van der Waals surface area contributed by atoms with Crippen LogP contribution in [0.1, 0.15) is 60.8 Å². The topological polar surface area (TPSA) is 127 Å². The molecule has 0 bridgehead atoms. The summed E-state index contributed by atoms with van der Waals surface area (Å²) in [5, 5.41) is 7.20. The summed E-state index contributed by atoms with van der Waals surface area (Å²) in [4.78, 5) is 45.4. The van der Waals surface area contributed by atoms with Crippen molar-refractivity contribution in [3.05, 3.63) is 54.7 Å². The van der Waals surface area contributed by atoms with Crippen molar-refractivity contribution < 1.29 is 14.1 Å². The second kappa shape index (κ2) is 10.1. The van der Waals surface area contributed by atoms with Crippen LogP contribution in [0.5, 0.6) is 0 Å². The van der Waals surface area contributed by atoms with E-state index >= 15 is 0 Å². The largest absolute Gasteiger partial charge is 0.356 e. The van der Waals surface area contributed by atoms with Gasteiger partial charge in [-0.1, -0.05) is 18.0 Å². The quantitative estimate of drug-likeness (QED) is 0.631. The molecular weight excluding hydrogens is 434 g/mol. The van der Waals surface area contributed by atoms with Crippen molar-refractivity contribution in [1.82, 2.24) is 35.3 Å². The van der Waals surface area contributed by atoms with Gasteiger partial charge in [0.05, 0.1) is 12.1 Å². The highest BCUT2D eigenvalue weighted by Gasteiger charge is 2.45. The van der Waals surface area contributed by atoms with Crippen LogP contribution in [-0.4, -0.2) is 60.9 Å². The maximum atomic E-state index is 13.5. The summed E-state index contributed by atoms with van der Waals surface area (Å²) < 4.78 is 5.61. The van der Waals surface area contributed by atoms with Crippen LogP contribution in [0, 0.1) is 5.92 Å². The molecule has 10 heteroatoms. The molecule has 0 radical (unpaired) electrons. The van der Waals surface area contributed by atoms with Crippen molar-refractivity contribution in [3.8, 4) is 11.4 Å². The molecule has 176 valence electrons. The van der Waals surface area contributed by atoms with Crippen LogP contribution in [-0.2, 0) is 4.79 Å². The summed E-state index contributed by atoms with van der Waals surface area (Å²) in [6, 6.07) is 3.40. The molecule has 3 atom stereocenters. The highest BCUT2D eigenvalue weighted by Crippen LogP contribution is 2.41. The van der Waals surface area contributed by atoms with Crippen molar-refractivity contribution in [1.29, 1.82) is 0 Å². The molecule has 1 saturated heterocycles. The number of hydrogen-bond donors (Lipinski definition) is 1. The smallest absolute Gasteiger partial charge is 0.274 e. The zero-order valence-corrected chi connectivity index (χ0v) is 18.8. The van der Waals surface area contributed by atoms with Crippen LogP contribution in [0.25, 0.3) is 11.4 Å². The van der Waals surface area contributed by atoms with Crippen LogP contribution < -0.4 is 5.32 Å². The minimum atomic E-state index is -0.363. The average Bonchev–Trinajstić information content (AvgIpc) is 3.54. The molecule has 2 fully saturated rings. The van der Waals surface area contributed by atoms with Gasteiger partial charge < -0.3 is 14.7 Å². The predicted octanol–water partition coefficient (Wildman–Crippen LogP) is 2.62. The monoisotopic (exact) mass is 461 g/mol. The van der Waals surface area contributed by atoms with Gasteiger partial charge in [0.25, 0.3) is 5.91 Å². The van der Waals surface area contributed by atoms with E-state index in [2.05, 4.69) is 30.4 Å². The molecule has 0 aromatic carbocycles. The van der Waals surface area contributed by atoms with Gasteiger partial charge in [-0.3, -0.25) is 19.6 Å². The molecular formula is C24H27N7O3. The lowest BCUT2D eigenvalue weighted by molar-refractivity contribution is -0.126. The Morgan fingerprint density at radius 2 is 1.94 bits per heavy atom. The Balaban J connectivity index is 1.44. The van der Waals surface area contributed by atoms with Gasteiger partial charge >= 0.3 is 0 Å². The summed E-state index contributed by atoms with van der Waals surface area (Å²) in [5.74, 6) is 0.236. The Bertz CT molecular complexity index is 1120. The fourth-order valence-corrected chi connectivity index (χ4v) is 4.93. The van der Waals surface area contributed by atoms with Gasteiger partial charge in [0.1, 0.15) is 5.69 Å². The second-order valence-electron chi connectivity index (χ2n) is 8.83. The molecule has 1 aliphatic heterocycles. The zero-order chi connectivity index (χ0) is 23.3. The van der Waals surface area contributed by atoms with Gasteiger partial charge in [-0.2, -0.15) is 4.98 Å². The molecule has 1 aliphatic carbocycles. The Labute approximate surface area is 197 Å². The third kappa shape index (κ3) is 4.66. The lowest BCUT2D eigenvalue weighted by Crippen LogP contribution is -2.47. The molecule has 3 aromatic heterocycles. The van der Waals surface area contributed by atoms with Crippen molar-refractivity contribution in [2.45, 2.75) is 50.5 Å². The van der Waals surface area contributed by atoms with Crippen molar-refractivity contribution in [3.63, 3.8) is 0 Å². The van der Waals surface area contributed by atoms with E-state index in [0.29, 0.717) is 37.6 Å². The molecule has 3 unspecified atom stereocenters. The Morgan fingerprint density at radius 1 is 1.06 bits per heavy atom. The first-order valence-corrected chi connectivity index (χ1v) is 11.8. The maximum Gasteiger partial charge on any atom is 0.274 e. The summed E-state index contributed by atoms with van der Waals surface area (Å²) >= 11 is 0. The van der Waals surface area contributed by atoms with E-state index in [9.17, 15) is 9.59 Å². The van der Waals surface area contributed by atoms with Gasteiger partial charge in [-0.25, -0.2) is 4.98 Å². The SMILES string of the molecule is O=C1NCCCCCCN(C(=O)c2cnccn2)C2CC(c3nc(-c4cccnc4)no3)CC12. The van der Waals surface area contributed by atoms with Crippen molar-refractivity contribution in [2.75, 3.05) is 13.1 Å². The van der Waals surface area contributed by atoms with Crippen LogP contribution in [0.4, 0.5) is 0 Å². The standard InChI is InChI=1S/C24H27N7O3/c32-22-18-12-17(23-29-21(30-34-23)16-6-5-7-25-14-16)13-20(18)31(11-4-2-1-3-8-28-22)24(33)19-15-26-9-10-27-19/h5-7,9-10,14-15,17-18,20H,1-4,8,11-13H2,(H,28,32). The molecule has 5 rings (SSSR count). The molecule has 3 aromatic rings. The minimum Gasteiger partial charge on any atom is -0.356 e. The number of fused-ring (bicyclic) bond motifs is 1. The molecule has 1 N–H and O–H groups in total. The molecule has 4 heterocycles. The molecule has 2 amide bonds. The van der Waals surface area contributed by atoms with Crippen LogP contribution in [0.2, 0.25) is 0 Å². The van der Waals surface area contributed by atoms with E-state index < -0.39 is 0 Å². The lowest BCUT2D eigenvalue weighted by atomic mass is 10.00. The highest BCUT2D eigenvalue weighted by atomic mass is 16.5. The molecule has 1 saturated carbocycles. The fraction of sp³-hybridized carbons (Fsp3) is 0.458. The summed E-state index contributed by atoms with van der Waals surface area (Å²) in [5.41, 5.74) is 1.06. The number of pyridine rings is 1. The van der Waals surface area contributed by atoms with E-state index in [1.54, 1.807) is 18.6 Å². The number of aromatic nitrogens is 5. The molecule has 34 heavy (non-hydrogen) atoms. The molecule has 2 aliphatic rings. The van der Waals surface area contributed by atoms with Gasteiger partial charge in [0.15, 0.2) is 0 Å². The number of nitrogens with zero attached hydrogens (tertiary/aromatic N) is 6. The fourth-order valence-electron chi connectivity index (χ4n) is 4.93. The van der Waals surface area contributed by atoms with E-state index in [0.717, 1.165) is 31.2 Å². The van der Waals surface area contributed by atoms with Gasteiger partial charge in [-0.05, 0) is 37.8 Å². The first kappa shape index (κ1) is 22.1. The van der Waals surface area contributed by atoms with Crippen molar-refractivity contribution in [2.24, 2.45) is 5.92 Å². The summed E-state index contributed by atoms with van der Waals surface area (Å²) in [7, 11) is 0. The normalized spacial score (nSPS) is 23.6. The highest BCUT2D eigenvalue weighted by molar-refractivity contribution is 5.93. The number of carbonyl (C=O) groups excluding carboxylic acids is 2. The van der Waals surface area contributed by atoms with Crippen LogP contribution >= 0.6 is 0 Å². The van der Waals surface area contributed by atoms with E-state index in [1.807, 2.05) is 17.0 Å². The van der Waals surface area contributed by atoms with E-state index in [-0.39, 0.29) is 35.4 Å². The maximum absolute atomic E-state index is 13.5. The Hall–Kier alpha value is -3.69. The van der Waals surface area contributed by atoms with E-state index in [1.165, 1.54) is 12.4 Å². The van der Waals surface area contributed by atoms with Crippen LogP contribution in [0.15, 0.2) is 47.6 Å². The average molecular weight is 462 g/mol. The summed E-state index contributed by atoms with van der Waals surface area (Å²) in [6.45, 7) is 1.22. The van der Waals surface area contributed by atoms with Gasteiger partial charge in [0.2, 0.25) is 17.6 Å². The third-order valence-corrected chi connectivity index (χ3v) is 6.64. The number of rotatable bonds is 3. The summed E-state index contributed by atoms with van der Waals surface area (Å²) in [6.07, 6.45) is 12.8. The number of carbonyl (C=O) groups is 2. The van der Waals surface area contributed by atoms with Crippen molar-refractivity contribution >= 4 is 11.8 Å². The predicted molar refractivity (Wildman–Crippen MR) is 121 cm³/mol. The number of nitrogens with one attached hydrogen (secondary N) is 1.